The second-order valence-electron chi connectivity index (χ2n) is 7.32. The van der Waals surface area contributed by atoms with Crippen LogP contribution in [0, 0.1) is 6.92 Å². The van der Waals surface area contributed by atoms with Crippen LogP contribution < -0.4 is 5.32 Å². The van der Waals surface area contributed by atoms with Crippen LogP contribution in [-0.2, 0) is 11.3 Å². The van der Waals surface area contributed by atoms with Crippen molar-refractivity contribution in [1.82, 2.24) is 15.0 Å². The average Bonchev–Trinajstić information content (AvgIpc) is 3.01. The van der Waals surface area contributed by atoms with Crippen molar-refractivity contribution >= 4 is 11.6 Å². The number of hydrogen-bond acceptors (Lipinski definition) is 5. The smallest absolute Gasteiger partial charge is 0.238 e. The van der Waals surface area contributed by atoms with Crippen molar-refractivity contribution in [2.75, 3.05) is 38.0 Å². The van der Waals surface area contributed by atoms with Crippen molar-refractivity contribution in [2.45, 2.75) is 33.2 Å². The van der Waals surface area contributed by atoms with Crippen LogP contribution in [0.2, 0.25) is 0 Å². The number of aryl methyl sites for hydroxylation is 1. The van der Waals surface area contributed by atoms with Crippen LogP contribution in [0.3, 0.4) is 0 Å². The molecule has 1 aromatic heterocycles. The number of hydrogen-bond donors (Lipinski definition) is 1. The zero-order valence-corrected chi connectivity index (χ0v) is 15.9. The van der Waals surface area contributed by atoms with Crippen molar-refractivity contribution < 1.29 is 9.32 Å². The lowest BCUT2D eigenvalue weighted by Crippen LogP contribution is -2.48. The van der Waals surface area contributed by atoms with E-state index in [2.05, 4.69) is 46.3 Å². The summed E-state index contributed by atoms with van der Waals surface area (Å²) in [6, 6.07) is 10.1. The van der Waals surface area contributed by atoms with Gasteiger partial charge in [-0.15, -0.1) is 0 Å². The van der Waals surface area contributed by atoms with E-state index in [4.69, 9.17) is 4.52 Å². The molecule has 0 saturated carbocycles. The van der Waals surface area contributed by atoms with Gasteiger partial charge in [0.15, 0.2) is 5.76 Å². The topological polar surface area (TPSA) is 61.6 Å². The van der Waals surface area contributed by atoms with Crippen LogP contribution in [0.15, 0.2) is 34.9 Å². The molecule has 1 aliphatic rings. The first-order chi connectivity index (χ1) is 12.5. The molecule has 140 valence electrons. The van der Waals surface area contributed by atoms with Crippen LogP contribution in [-0.4, -0.2) is 53.6 Å². The summed E-state index contributed by atoms with van der Waals surface area (Å²) in [7, 11) is 0. The number of aromatic nitrogens is 1. The van der Waals surface area contributed by atoms with Gasteiger partial charge in [-0.2, -0.15) is 0 Å². The number of rotatable bonds is 6. The molecule has 1 amide bonds. The number of nitrogens with one attached hydrogen (secondary N) is 1. The summed E-state index contributed by atoms with van der Waals surface area (Å²) in [6.07, 6.45) is 0. The maximum absolute atomic E-state index is 12.3. The Bertz CT molecular complexity index is 733. The zero-order chi connectivity index (χ0) is 18.5. The van der Waals surface area contributed by atoms with Crippen molar-refractivity contribution in [3.8, 4) is 0 Å². The van der Waals surface area contributed by atoms with Gasteiger partial charge >= 0.3 is 0 Å². The predicted molar refractivity (Wildman–Crippen MR) is 102 cm³/mol. The average molecular weight is 356 g/mol. The van der Waals surface area contributed by atoms with E-state index in [0.717, 1.165) is 49.9 Å². The van der Waals surface area contributed by atoms with Gasteiger partial charge in [-0.25, -0.2) is 0 Å². The molecule has 1 aromatic carbocycles. The molecule has 1 saturated heterocycles. The standard InChI is InChI=1S/C20H28N4O2/c1-15(2)17-5-4-6-18(12-17)21-20(25)14-24-9-7-23(8-10-24)13-19-11-16(3)22-26-19/h4-6,11-12,15H,7-10,13-14H2,1-3H3,(H,21,25). The quantitative estimate of drug-likeness (QED) is 0.862. The Morgan fingerprint density at radius 2 is 1.92 bits per heavy atom. The predicted octanol–water partition coefficient (Wildman–Crippen LogP) is 2.86. The molecule has 26 heavy (non-hydrogen) atoms. The highest BCUT2D eigenvalue weighted by molar-refractivity contribution is 5.92. The summed E-state index contributed by atoms with van der Waals surface area (Å²) < 4.78 is 5.28. The number of anilines is 1. The molecule has 0 spiro atoms. The highest BCUT2D eigenvalue weighted by Crippen LogP contribution is 2.18. The number of nitrogens with zero attached hydrogens (tertiary/aromatic N) is 3. The molecule has 2 aromatic rings. The minimum absolute atomic E-state index is 0.0465. The summed E-state index contributed by atoms with van der Waals surface area (Å²) in [5.74, 6) is 1.40. The molecule has 6 nitrogen and oxygen atoms in total. The second-order valence-corrected chi connectivity index (χ2v) is 7.32. The van der Waals surface area contributed by atoms with E-state index in [9.17, 15) is 4.79 Å². The Labute approximate surface area is 155 Å². The van der Waals surface area contributed by atoms with E-state index >= 15 is 0 Å². The SMILES string of the molecule is Cc1cc(CN2CCN(CC(=O)Nc3cccc(C(C)C)c3)CC2)on1. The molecule has 1 aliphatic heterocycles. The van der Waals surface area contributed by atoms with E-state index in [1.54, 1.807) is 0 Å². The summed E-state index contributed by atoms with van der Waals surface area (Å²) in [6.45, 7) is 11.1. The van der Waals surface area contributed by atoms with Crippen LogP contribution in [0.1, 0.15) is 36.8 Å². The van der Waals surface area contributed by atoms with Crippen molar-refractivity contribution in [2.24, 2.45) is 0 Å². The lowest BCUT2D eigenvalue weighted by Gasteiger charge is -2.33. The molecule has 0 radical (unpaired) electrons. The van der Waals surface area contributed by atoms with Gasteiger partial charge in [0.1, 0.15) is 0 Å². The van der Waals surface area contributed by atoms with E-state index < -0.39 is 0 Å². The molecule has 3 rings (SSSR count). The lowest BCUT2D eigenvalue weighted by atomic mass is 10.0. The fourth-order valence-corrected chi connectivity index (χ4v) is 3.20. The van der Waals surface area contributed by atoms with Gasteiger partial charge in [0, 0.05) is 37.9 Å². The van der Waals surface area contributed by atoms with Gasteiger partial charge in [0.2, 0.25) is 5.91 Å². The molecule has 1 fully saturated rings. The third kappa shape index (κ3) is 5.16. The fourth-order valence-electron chi connectivity index (χ4n) is 3.20. The van der Waals surface area contributed by atoms with E-state index in [0.29, 0.717) is 12.5 Å². The molecule has 0 atom stereocenters. The van der Waals surface area contributed by atoms with Gasteiger partial charge in [0.05, 0.1) is 18.8 Å². The third-order valence-electron chi connectivity index (χ3n) is 4.73. The molecular formula is C20H28N4O2. The Morgan fingerprint density at radius 3 is 2.58 bits per heavy atom. The number of carbonyl (C=O) groups excluding carboxylic acids is 1. The molecule has 1 N–H and O–H groups in total. The number of carbonyl (C=O) groups is 1. The van der Waals surface area contributed by atoms with Crippen molar-refractivity contribution in [1.29, 1.82) is 0 Å². The van der Waals surface area contributed by atoms with Crippen molar-refractivity contribution in [3.05, 3.63) is 47.3 Å². The second kappa shape index (κ2) is 8.47. The summed E-state index contributed by atoms with van der Waals surface area (Å²) in [4.78, 5) is 16.9. The first-order valence-corrected chi connectivity index (χ1v) is 9.26. The zero-order valence-electron chi connectivity index (χ0n) is 15.9. The lowest BCUT2D eigenvalue weighted by molar-refractivity contribution is -0.117. The summed E-state index contributed by atoms with van der Waals surface area (Å²) in [5, 5.41) is 6.95. The summed E-state index contributed by atoms with van der Waals surface area (Å²) in [5.41, 5.74) is 3.02. The van der Waals surface area contributed by atoms with E-state index in [-0.39, 0.29) is 5.91 Å². The molecule has 2 heterocycles. The maximum Gasteiger partial charge on any atom is 0.238 e. The van der Waals surface area contributed by atoms with Gasteiger partial charge in [-0.05, 0) is 30.5 Å². The molecule has 0 unspecified atom stereocenters. The minimum Gasteiger partial charge on any atom is -0.360 e. The Balaban J connectivity index is 1.44. The van der Waals surface area contributed by atoms with Crippen LogP contribution in [0.4, 0.5) is 5.69 Å². The van der Waals surface area contributed by atoms with Gasteiger partial charge < -0.3 is 9.84 Å². The van der Waals surface area contributed by atoms with Crippen molar-refractivity contribution in [3.63, 3.8) is 0 Å². The number of benzene rings is 1. The molecule has 6 heteroatoms. The molecular weight excluding hydrogens is 328 g/mol. The van der Waals surface area contributed by atoms with Gasteiger partial charge in [-0.1, -0.05) is 31.1 Å². The van der Waals surface area contributed by atoms with Gasteiger partial charge in [0.25, 0.3) is 0 Å². The van der Waals surface area contributed by atoms with Crippen LogP contribution >= 0.6 is 0 Å². The van der Waals surface area contributed by atoms with E-state index in [1.165, 1.54) is 5.56 Å². The van der Waals surface area contributed by atoms with Gasteiger partial charge in [-0.3, -0.25) is 14.6 Å². The molecule has 0 bridgehead atoms. The Morgan fingerprint density at radius 1 is 1.19 bits per heavy atom. The van der Waals surface area contributed by atoms with Crippen LogP contribution in [0.5, 0.6) is 0 Å². The number of piperazine rings is 1. The first-order valence-electron chi connectivity index (χ1n) is 9.26. The Kier molecular flexibility index (Phi) is 6.06. The minimum atomic E-state index is 0.0465. The summed E-state index contributed by atoms with van der Waals surface area (Å²) >= 11 is 0. The third-order valence-corrected chi connectivity index (χ3v) is 4.73. The Hall–Kier alpha value is -2.18. The normalized spacial score (nSPS) is 16.2. The highest BCUT2D eigenvalue weighted by Gasteiger charge is 2.20. The first kappa shape index (κ1) is 18.6. The largest absolute Gasteiger partial charge is 0.360 e. The van der Waals surface area contributed by atoms with Crippen LogP contribution in [0.25, 0.3) is 0 Å². The number of amides is 1. The fraction of sp³-hybridized carbons (Fsp3) is 0.500. The monoisotopic (exact) mass is 356 g/mol. The highest BCUT2D eigenvalue weighted by atomic mass is 16.5. The maximum atomic E-state index is 12.3. The molecule has 0 aliphatic carbocycles. The van der Waals surface area contributed by atoms with E-state index in [1.807, 2.05) is 25.1 Å².